The van der Waals surface area contributed by atoms with E-state index in [1.807, 2.05) is 0 Å². The van der Waals surface area contributed by atoms with Crippen molar-refractivity contribution in [3.8, 4) is 0 Å². The molecule has 20 heavy (non-hydrogen) atoms. The Morgan fingerprint density at radius 2 is 1.15 bits per heavy atom. The van der Waals surface area contributed by atoms with Gasteiger partial charge in [-0.1, -0.05) is 24.3 Å². The summed E-state index contributed by atoms with van der Waals surface area (Å²) in [5.74, 6) is 0. The predicted molar refractivity (Wildman–Crippen MR) is 77.2 cm³/mol. The molecule has 0 amide bonds. The molecule has 2 rings (SSSR count). The summed E-state index contributed by atoms with van der Waals surface area (Å²) in [5, 5.41) is 36.4. The first-order valence-electron chi connectivity index (χ1n) is 5.83. The third-order valence-electron chi connectivity index (χ3n) is 2.74. The van der Waals surface area contributed by atoms with E-state index in [4.69, 9.17) is 20.1 Å². The van der Waals surface area contributed by atoms with Crippen molar-refractivity contribution in [2.24, 2.45) is 0 Å². The zero-order valence-corrected chi connectivity index (χ0v) is 11.2. The second kappa shape index (κ2) is 6.34. The molecule has 5 nitrogen and oxygen atoms in total. The molecule has 0 aliphatic rings. The van der Waals surface area contributed by atoms with E-state index in [-0.39, 0.29) is 10.9 Å². The topological polar surface area (TPSA) is 98.0 Å². The van der Waals surface area contributed by atoms with Gasteiger partial charge in [-0.2, -0.15) is 0 Å². The highest BCUT2D eigenvalue weighted by Crippen LogP contribution is 2.14. The molecule has 0 bridgehead atoms. The Balaban J connectivity index is 2.36. The van der Waals surface area contributed by atoms with E-state index in [0.717, 1.165) is 0 Å². The highest BCUT2D eigenvalue weighted by atomic mass is 32.2. The quantitative estimate of drug-likeness (QED) is 0.499. The van der Waals surface area contributed by atoms with E-state index >= 15 is 0 Å². The van der Waals surface area contributed by atoms with Crippen LogP contribution in [-0.2, 0) is 10.8 Å². The van der Waals surface area contributed by atoms with Crippen molar-refractivity contribution < 1.29 is 24.3 Å². The monoisotopic (exact) mass is 290 g/mol. The molecule has 0 radical (unpaired) electrons. The average molecular weight is 290 g/mol. The van der Waals surface area contributed by atoms with E-state index in [0.29, 0.717) is 9.79 Å². The Hall–Kier alpha value is -1.44. The van der Waals surface area contributed by atoms with Gasteiger partial charge < -0.3 is 20.1 Å². The lowest BCUT2D eigenvalue weighted by atomic mass is 9.80. The number of benzene rings is 2. The zero-order valence-electron chi connectivity index (χ0n) is 10.4. The van der Waals surface area contributed by atoms with Gasteiger partial charge in [0, 0.05) is 9.79 Å². The minimum atomic E-state index is -1.63. The standard InChI is InChI=1S/C12H12B2O5S/c15-13(16)9-3-1-5-11(7-9)20(19)12-6-2-4-10(8-12)14(17)18/h1-8,15-18H. The van der Waals surface area contributed by atoms with Gasteiger partial charge >= 0.3 is 14.2 Å². The summed E-state index contributed by atoms with van der Waals surface area (Å²) in [6.07, 6.45) is 0. The Labute approximate surface area is 119 Å². The molecule has 0 heterocycles. The Bertz CT molecular complexity index is 579. The molecule has 0 aliphatic heterocycles. The minimum absolute atomic E-state index is 0.245. The zero-order chi connectivity index (χ0) is 14.7. The van der Waals surface area contributed by atoms with Crippen LogP contribution in [0.5, 0.6) is 0 Å². The van der Waals surface area contributed by atoms with Crippen LogP contribution < -0.4 is 10.9 Å². The first-order chi connectivity index (χ1) is 9.49. The number of hydrogen-bond donors (Lipinski definition) is 4. The highest BCUT2D eigenvalue weighted by molar-refractivity contribution is 7.85. The Kier molecular flexibility index (Phi) is 4.74. The van der Waals surface area contributed by atoms with Crippen molar-refractivity contribution in [2.45, 2.75) is 9.79 Å². The fraction of sp³-hybridized carbons (Fsp3) is 0. The molecule has 0 aliphatic carbocycles. The molecule has 0 spiro atoms. The molecular weight excluding hydrogens is 278 g/mol. The van der Waals surface area contributed by atoms with Crippen LogP contribution in [0.1, 0.15) is 0 Å². The summed E-state index contributed by atoms with van der Waals surface area (Å²) in [5.41, 5.74) is 0.489. The van der Waals surface area contributed by atoms with Crippen LogP contribution in [-0.4, -0.2) is 38.5 Å². The molecule has 102 valence electrons. The molecule has 2 aromatic carbocycles. The average Bonchev–Trinajstić information content (AvgIpc) is 2.46. The summed E-state index contributed by atoms with van der Waals surface area (Å²) >= 11 is 0. The van der Waals surface area contributed by atoms with Gasteiger partial charge in [-0.05, 0) is 35.2 Å². The lowest BCUT2D eigenvalue weighted by Gasteiger charge is -2.07. The maximum absolute atomic E-state index is 12.4. The molecular formula is C12H12B2O5S. The van der Waals surface area contributed by atoms with Crippen LogP contribution in [0.3, 0.4) is 0 Å². The third-order valence-corrected chi connectivity index (χ3v) is 4.10. The molecule has 0 unspecified atom stereocenters. The van der Waals surface area contributed by atoms with Gasteiger partial charge in [-0.25, -0.2) is 4.21 Å². The SMILES string of the molecule is O=S(c1cccc(B(O)O)c1)c1cccc(B(O)O)c1. The molecule has 0 saturated carbocycles. The lowest BCUT2D eigenvalue weighted by molar-refractivity contribution is 0.424. The largest absolute Gasteiger partial charge is 0.488 e. The van der Waals surface area contributed by atoms with Crippen LogP contribution in [0.15, 0.2) is 58.3 Å². The fourth-order valence-corrected chi connectivity index (χ4v) is 2.88. The molecule has 0 fully saturated rings. The Morgan fingerprint density at radius 1 is 0.750 bits per heavy atom. The van der Waals surface area contributed by atoms with Crippen molar-refractivity contribution in [1.82, 2.24) is 0 Å². The van der Waals surface area contributed by atoms with Gasteiger partial charge in [0.2, 0.25) is 0 Å². The summed E-state index contributed by atoms with van der Waals surface area (Å²) in [4.78, 5) is 0.806. The van der Waals surface area contributed by atoms with Crippen molar-refractivity contribution in [3.63, 3.8) is 0 Å². The summed E-state index contributed by atoms with van der Waals surface area (Å²) in [6.45, 7) is 0. The molecule has 2 aromatic rings. The minimum Gasteiger partial charge on any atom is -0.423 e. The number of rotatable bonds is 4. The van der Waals surface area contributed by atoms with Crippen molar-refractivity contribution >= 4 is 36.0 Å². The van der Waals surface area contributed by atoms with Crippen molar-refractivity contribution in [2.75, 3.05) is 0 Å². The van der Waals surface area contributed by atoms with E-state index < -0.39 is 25.0 Å². The fourth-order valence-electron chi connectivity index (χ4n) is 1.72. The van der Waals surface area contributed by atoms with Crippen LogP contribution >= 0.6 is 0 Å². The highest BCUT2D eigenvalue weighted by Gasteiger charge is 2.16. The summed E-state index contributed by atoms with van der Waals surface area (Å²) in [6, 6.07) is 12.2. The van der Waals surface area contributed by atoms with Gasteiger partial charge in [-0.15, -0.1) is 0 Å². The molecule has 0 aromatic heterocycles. The third kappa shape index (κ3) is 3.36. The van der Waals surface area contributed by atoms with E-state index in [9.17, 15) is 4.21 Å². The first-order valence-corrected chi connectivity index (χ1v) is 6.98. The smallest absolute Gasteiger partial charge is 0.423 e. The van der Waals surface area contributed by atoms with Gasteiger partial charge in [-0.3, -0.25) is 0 Å². The lowest BCUT2D eigenvalue weighted by Crippen LogP contribution is -2.30. The predicted octanol–water partition coefficient (Wildman–Crippen LogP) is -1.79. The Morgan fingerprint density at radius 3 is 1.50 bits per heavy atom. The molecule has 0 saturated heterocycles. The van der Waals surface area contributed by atoms with Crippen molar-refractivity contribution in [3.05, 3.63) is 48.5 Å². The second-order valence-corrected chi connectivity index (χ2v) is 5.64. The van der Waals surface area contributed by atoms with Gasteiger partial charge in [0.15, 0.2) is 0 Å². The molecule has 8 heteroatoms. The van der Waals surface area contributed by atoms with E-state index in [2.05, 4.69) is 0 Å². The summed E-state index contributed by atoms with van der Waals surface area (Å²) < 4.78 is 12.4. The van der Waals surface area contributed by atoms with Crippen LogP contribution in [0, 0.1) is 0 Å². The molecule has 0 atom stereocenters. The number of hydrogen-bond acceptors (Lipinski definition) is 5. The maximum atomic E-state index is 12.4. The van der Waals surface area contributed by atoms with E-state index in [1.165, 1.54) is 24.3 Å². The van der Waals surface area contributed by atoms with Crippen LogP contribution in [0.2, 0.25) is 0 Å². The first kappa shape index (κ1) is 15.0. The van der Waals surface area contributed by atoms with Gasteiger partial charge in [0.05, 0.1) is 10.8 Å². The van der Waals surface area contributed by atoms with Crippen LogP contribution in [0.4, 0.5) is 0 Å². The van der Waals surface area contributed by atoms with Crippen LogP contribution in [0.25, 0.3) is 0 Å². The second-order valence-electron chi connectivity index (χ2n) is 4.16. The van der Waals surface area contributed by atoms with Crippen molar-refractivity contribution in [1.29, 1.82) is 0 Å². The van der Waals surface area contributed by atoms with Gasteiger partial charge in [0.25, 0.3) is 0 Å². The molecule has 4 N–H and O–H groups in total. The van der Waals surface area contributed by atoms with E-state index in [1.54, 1.807) is 24.3 Å². The maximum Gasteiger partial charge on any atom is 0.488 e. The summed E-state index contributed by atoms with van der Waals surface area (Å²) in [7, 11) is -4.80. The normalized spacial score (nSPS) is 10.7. The van der Waals surface area contributed by atoms with Gasteiger partial charge in [0.1, 0.15) is 0 Å².